The van der Waals surface area contributed by atoms with Crippen LogP contribution in [0.4, 0.5) is 8.78 Å². The molecule has 1 aliphatic carbocycles. The molecule has 2 nitrogen and oxygen atoms in total. The van der Waals surface area contributed by atoms with E-state index in [0.717, 1.165) is 25.7 Å². The normalized spacial score (nSPS) is 30.6. The van der Waals surface area contributed by atoms with Gasteiger partial charge < -0.3 is 4.74 Å². The number of fused-ring (bicyclic) bond motifs is 1. The highest BCUT2D eigenvalue weighted by atomic mass is 19.1. The molecule has 1 aromatic rings. The minimum absolute atomic E-state index is 0.0414. The van der Waals surface area contributed by atoms with Gasteiger partial charge in [0.15, 0.2) is 0 Å². The van der Waals surface area contributed by atoms with Gasteiger partial charge in [-0.1, -0.05) is 12.5 Å². The van der Waals surface area contributed by atoms with Crippen molar-refractivity contribution in [3.8, 4) is 0 Å². The number of hydrogen-bond donors (Lipinski definition) is 0. The van der Waals surface area contributed by atoms with Crippen LogP contribution in [0.25, 0.3) is 0 Å². The molecule has 0 amide bonds. The molecule has 1 heterocycles. The molecule has 1 saturated carbocycles. The summed E-state index contributed by atoms with van der Waals surface area (Å²) < 4.78 is 33.1. The van der Waals surface area contributed by atoms with Crippen molar-refractivity contribution >= 4 is 5.90 Å². The van der Waals surface area contributed by atoms with Crippen molar-refractivity contribution in [3.05, 3.63) is 35.4 Å². The van der Waals surface area contributed by atoms with Crippen LogP contribution in [0.3, 0.4) is 0 Å². The van der Waals surface area contributed by atoms with Crippen molar-refractivity contribution in [1.29, 1.82) is 0 Å². The number of halogens is 2. The van der Waals surface area contributed by atoms with Crippen LogP contribution in [0.5, 0.6) is 0 Å². The lowest BCUT2D eigenvalue weighted by Crippen LogP contribution is -2.37. The second kappa shape index (κ2) is 4.04. The Balaban J connectivity index is 2.01. The van der Waals surface area contributed by atoms with Crippen LogP contribution in [-0.2, 0) is 4.74 Å². The van der Waals surface area contributed by atoms with Crippen LogP contribution in [0, 0.1) is 11.6 Å². The summed E-state index contributed by atoms with van der Waals surface area (Å²) in [4.78, 5) is 4.45. The maximum atomic E-state index is 13.7. The van der Waals surface area contributed by atoms with E-state index in [1.54, 1.807) is 0 Å². The molecule has 18 heavy (non-hydrogen) atoms. The summed E-state index contributed by atoms with van der Waals surface area (Å²) in [5.41, 5.74) is -0.449. The number of rotatable bonds is 1. The molecule has 0 bridgehead atoms. The van der Waals surface area contributed by atoms with Gasteiger partial charge in [-0.05, 0) is 38.3 Å². The lowest BCUT2D eigenvalue weighted by Gasteiger charge is -2.31. The number of benzene rings is 1. The van der Waals surface area contributed by atoms with Gasteiger partial charge in [0.1, 0.15) is 23.3 Å². The Morgan fingerprint density at radius 3 is 2.67 bits per heavy atom. The highest BCUT2D eigenvalue weighted by Crippen LogP contribution is 2.39. The van der Waals surface area contributed by atoms with Crippen molar-refractivity contribution < 1.29 is 13.5 Å². The monoisotopic (exact) mass is 251 g/mol. The van der Waals surface area contributed by atoms with Crippen molar-refractivity contribution in [2.45, 2.75) is 44.2 Å². The van der Waals surface area contributed by atoms with Crippen LogP contribution >= 0.6 is 0 Å². The van der Waals surface area contributed by atoms with Crippen LogP contribution in [0.1, 0.15) is 38.2 Å². The third-order valence-electron chi connectivity index (χ3n) is 3.88. The van der Waals surface area contributed by atoms with Crippen LogP contribution in [0.15, 0.2) is 23.2 Å². The van der Waals surface area contributed by atoms with Gasteiger partial charge in [-0.25, -0.2) is 13.8 Å². The number of hydrogen-bond acceptors (Lipinski definition) is 2. The molecule has 2 aliphatic rings. The topological polar surface area (TPSA) is 21.6 Å². The zero-order valence-corrected chi connectivity index (χ0v) is 10.2. The van der Waals surface area contributed by atoms with Crippen molar-refractivity contribution in [1.82, 2.24) is 0 Å². The van der Waals surface area contributed by atoms with Gasteiger partial charge in [-0.3, -0.25) is 0 Å². The maximum absolute atomic E-state index is 13.7. The molecular formula is C14H15F2NO. The third kappa shape index (κ3) is 1.71. The smallest absolute Gasteiger partial charge is 0.223 e. The zero-order valence-electron chi connectivity index (χ0n) is 10.2. The van der Waals surface area contributed by atoms with E-state index in [2.05, 4.69) is 4.99 Å². The molecule has 1 aromatic carbocycles. The lowest BCUT2D eigenvalue weighted by atomic mass is 9.82. The first-order chi connectivity index (χ1) is 8.60. The first-order valence-corrected chi connectivity index (χ1v) is 6.31. The predicted octanol–water partition coefficient (Wildman–Crippen LogP) is 3.44. The van der Waals surface area contributed by atoms with Gasteiger partial charge in [-0.15, -0.1) is 0 Å². The molecule has 0 radical (unpaired) electrons. The Morgan fingerprint density at radius 2 is 2.00 bits per heavy atom. The van der Waals surface area contributed by atoms with E-state index in [-0.39, 0.29) is 23.1 Å². The van der Waals surface area contributed by atoms with E-state index in [1.807, 2.05) is 6.92 Å². The zero-order chi connectivity index (χ0) is 12.8. The Hall–Kier alpha value is -1.45. The van der Waals surface area contributed by atoms with Crippen molar-refractivity contribution in [2.75, 3.05) is 0 Å². The predicted molar refractivity (Wildman–Crippen MR) is 64.6 cm³/mol. The van der Waals surface area contributed by atoms with Gasteiger partial charge >= 0.3 is 0 Å². The molecule has 0 saturated heterocycles. The molecule has 1 aliphatic heterocycles. The van der Waals surface area contributed by atoms with Crippen LogP contribution in [-0.4, -0.2) is 17.5 Å². The van der Waals surface area contributed by atoms with E-state index in [9.17, 15) is 8.78 Å². The number of nitrogens with zero attached hydrogens (tertiary/aromatic N) is 1. The first-order valence-electron chi connectivity index (χ1n) is 6.31. The van der Waals surface area contributed by atoms with E-state index in [0.29, 0.717) is 0 Å². The molecule has 2 atom stereocenters. The summed E-state index contributed by atoms with van der Waals surface area (Å²) in [6.07, 6.45) is 3.95. The first kappa shape index (κ1) is 11.6. The quantitative estimate of drug-likeness (QED) is 0.749. The van der Waals surface area contributed by atoms with Crippen LogP contribution < -0.4 is 0 Å². The standard InChI is InChI=1S/C14H15F2NO/c1-14-8-3-2-7-11(14)18-13(17-14)12-9(15)5-4-6-10(12)16/h4-6,11H,2-3,7-8H2,1H3. The highest BCUT2D eigenvalue weighted by Gasteiger charge is 2.44. The average molecular weight is 251 g/mol. The minimum atomic E-state index is -0.615. The molecular weight excluding hydrogens is 236 g/mol. The molecule has 4 heteroatoms. The molecule has 1 fully saturated rings. The maximum Gasteiger partial charge on any atom is 0.223 e. The summed E-state index contributed by atoms with van der Waals surface area (Å²) in [6.45, 7) is 2.00. The third-order valence-corrected chi connectivity index (χ3v) is 3.88. The summed E-state index contributed by atoms with van der Waals surface area (Å²) >= 11 is 0. The highest BCUT2D eigenvalue weighted by molar-refractivity contribution is 5.96. The van der Waals surface area contributed by atoms with Gasteiger partial charge in [-0.2, -0.15) is 0 Å². The molecule has 0 N–H and O–H groups in total. The summed E-state index contributed by atoms with van der Waals surface area (Å²) in [7, 11) is 0. The van der Waals surface area contributed by atoms with E-state index in [4.69, 9.17) is 4.74 Å². The minimum Gasteiger partial charge on any atom is -0.471 e. The molecule has 0 aromatic heterocycles. The number of aliphatic imine (C=N–C) groups is 1. The SMILES string of the molecule is CC12CCCCC1OC(c1c(F)cccc1F)=N2. The number of ether oxygens (including phenoxy) is 1. The largest absolute Gasteiger partial charge is 0.471 e. The van der Waals surface area contributed by atoms with Crippen molar-refractivity contribution in [2.24, 2.45) is 4.99 Å². The van der Waals surface area contributed by atoms with E-state index >= 15 is 0 Å². The fourth-order valence-corrected chi connectivity index (χ4v) is 2.81. The van der Waals surface area contributed by atoms with E-state index in [1.165, 1.54) is 18.2 Å². The van der Waals surface area contributed by atoms with Gasteiger partial charge in [0, 0.05) is 0 Å². The molecule has 0 spiro atoms. The fraction of sp³-hybridized carbons (Fsp3) is 0.500. The van der Waals surface area contributed by atoms with Gasteiger partial charge in [0.2, 0.25) is 5.90 Å². The summed E-state index contributed by atoms with van der Waals surface area (Å²) in [5.74, 6) is -1.10. The van der Waals surface area contributed by atoms with Crippen LogP contribution in [0.2, 0.25) is 0 Å². The molecule has 96 valence electrons. The van der Waals surface area contributed by atoms with Gasteiger partial charge in [0.05, 0.1) is 5.54 Å². The lowest BCUT2D eigenvalue weighted by molar-refractivity contribution is 0.103. The Morgan fingerprint density at radius 1 is 1.28 bits per heavy atom. The Kier molecular flexibility index (Phi) is 2.61. The van der Waals surface area contributed by atoms with Gasteiger partial charge in [0.25, 0.3) is 0 Å². The van der Waals surface area contributed by atoms with Crippen molar-refractivity contribution in [3.63, 3.8) is 0 Å². The van der Waals surface area contributed by atoms with E-state index < -0.39 is 11.6 Å². The summed E-state index contributed by atoms with van der Waals surface area (Å²) in [6, 6.07) is 3.81. The molecule has 2 unspecified atom stereocenters. The average Bonchev–Trinajstić information content (AvgIpc) is 2.65. The second-order valence-corrected chi connectivity index (χ2v) is 5.22. The second-order valence-electron chi connectivity index (χ2n) is 5.22. The summed E-state index contributed by atoms with van der Waals surface area (Å²) in [5, 5.41) is 0. The Labute approximate surface area is 105 Å². The fourth-order valence-electron chi connectivity index (χ4n) is 2.81. The molecule has 3 rings (SSSR count). The Bertz CT molecular complexity index is 494.